The maximum atomic E-state index is 13.2. The first-order valence-corrected chi connectivity index (χ1v) is 8.26. The van der Waals surface area contributed by atoms with E-state index in [2.05, 4.69) is 10.6 Å². The smallest absolute Gasteiger partial charge is 0.263 e. The number of hydrogen-bond acceptors (Lipinski definition) is 4. The van der Waals surface area contributed by atoms with E-state index in [0.29, 0.717) is 21.9 Å². The van der Waals surface area contributed by atoms with Crippen molar-refractivity contribution in [2.24, 2.45) is 0 Å². The summed E-state index contributed by atoms with van der Waals surface area (Å²) in [7, 11) is 0. The van der Waals surface area contributed by atoms with Crippen LogP contribution in [0.5, 0.6) is 5.75 Å². The number of amides is 2. The minimum absolute atomic E-state index is 0.0312. The lowest BCUT2D eigenvalue weighted by Crippen LogP contribution is -2.51. The number of carbonyl (C=O) groups excluding carboxylic acids is 2. The summed E-state index contributed by atoms with van der Waals surface area (Å²) >= 11 is 10.9. The van der Waals surface area contributed by atoms with Crippen LogP contribution in [0.25, 0.3) is 6.08 Å². The van der Waals surface area contributed by atoms with Crippen molar-refractivity contribution in [2.75, 3.05) is 0 Å². The summed E-state index contributed by atoms with van der Waals surface area (Å²) in [5, 5.41) is 4.97. The van der Waals surface area contributed by atoms with Crippen LogP contribution >= 0.6 is 23.8 Å². The van der Waals surface area contributed by atoms with Gasteiger partial charge < -0.3 is 4.74 Å². The van der Waals surface area contributed by atoms with E-state index in [1.54, 1.807) is 30.3 Å². The van der Waals surface area contributed by atoms with Crippen molar-refractivity contribution in [1.29, 1.82) is 0 Å². The molecular formula is C18H12ClFN2O3S. The molecule has 0 saturated carbocycles. The van der Waals surface area contributed by atoms with Crippen LogP contribution in [0.3, 0.4) is 0 Å². The SMILES string of the molecule is O=C1NC(=S)NC(=O)C1=Cc1ccc(OCc2cccc(F)c2)c(Cl)c1. The number of benzene rings is 2. The summed E-state index contributed by atoms with van der Waals surface area (Å²) in [5.41, 5.74) is 1.13. The fourth-order valence-electron chi connectivity index (χ4n) is 2.28. The van der Waals surface area contributed by atoms with Gasteiger partial charge in [-0.3, -0.25) is 20.2 Å². The molecule has 2 aromatic rings. The van der Waals surface area contributed by atoms with E-state index in [4.69, 9.17) is 28.6 Å². The number of thiocarbonyl (C=S) groups is 1. The number of carbonyl (C=O) groups is 2. The molecule has 2 aromatic carbocycles. The Morgan fingerprint density at radius 1 is 1.12 bits per heavy atom. The van der Waals surface area contributed by atoms with Crippen LogP contribution in [-0.4, -0.2) is 16.9 Å². The fourth-order valence-corrected chi connectivity index (χ4v) is 2.71. The molecule has 0 radical (unpaired) electrons. The molecule has 5 nitrogen and oxygen atoms in total. The van der Waals surface area contributed by atoms with Gasteiger partial charge in [0.1, 0.15) is 23.7 Å². The van der Waals surface area contributed by atoms with E-state index in [1.165, 1.54) is 18.2 Å². The van der Waals surface area contributed by atoms with Gasteiger partial charge in [0.2, 0.25) is 0 Å². The molecule has 0 atom stereocenters. The summed E-state index contributed by atoms with van der Waals surface area (Å²) in [4.78, 5) is 23.7. The van der Waals surface area contributed by atoms with Crippen molar-refractivity contribution in [3.63, 3.8) is 0 Å². The van der Waals surface area contributed by atoms with Gasteiger partial charge in [0.05, 0.1) is 5.02 Å². The molecule has 8 heteroatoms. The highest BCUT2D eigenvalue weighted by atomic mass is 35.5. The molecule has 1 fully saturated rings. The molecule has 3 rings (SSSR count). The second kappa shape index (κ2) is 7.63. The molecule has 0 spiro atoms. The average Bonchev–Trinajstić information content (AvgIpc) is 2.57. The van der Waals surface area contributed by atoms with E-state index < -0.39 is 11.8 Å². The van der Waals surface area contributed by atoms with Gasteiger partial charge in [0.25, 0.3) is 11.8 Å². The van der Waals surface area contributed by atoms with Crippen molar-refractivity contribution in [3.8, 4) is 5.75 Å². The van der Waals surface area contributed by atoms with Crippen molar-refractivity contribution in [2.45, 2.75) is 6.61 Å². The molecular weight excluding hydrogens is 379 g/mol. The molecule has 2 amide bonds. The number of hydrogen-bond donors (Lipinski definition) is 2. The lowest BCUT2D eigenvalue weighted by molar-refractivity contribution is -0.123. The quantitative estimate of drug-likeness (QED) is 0.478. The second-order valence-corrected chi connectivity index (χ2v) is 6.22. The third kappa shape index (κ3) is 4.25. The Morgan fingerprint density at radius 3 is 2.50 bits per heavy atom. The third-order valence-corrected chi connectivity index (χ3v) is 3.99. The zero-order valence-electron chi connectivity index (χ0n) is 13.2. The van der Waals surface area contributed by atoms with Crippen LogP contribution in [0.1, 0.15) is 11.1 Å². The first-order chi connectivity index (χ1) is 12.4. The van der Waals surface area contributed by atoms with Crippen molar-refractivity contribution in [1.82, 2.24) is 10.6 Å². The summed E-state index contributed by atoms with van der Waals surface area (Å²) in [5.74, 6) is -1.11. The maximum absolute atomic E-state index is 13.2. The molecule has 1 heterocycles. The standard InChI is InChI=1S/C18H12ClFN2O3S/c19-14-8-10(7-13-16(23)21-18(26)22-17(13)24)4-5-15(14)25-9-11-2-1-3-12(20)6-11/h1-8H,9H2,(H2,21,22,23,24,26). The van der Waals surface area contributed by atoms with E-state index in [9.17, 15) is 14.0 Å². The molecule has 1 aliphatic heterocycles. The molecule has 0 bridgehead atoms. The van der Waals surface area contributed by atoms with E-state index in [0.717, 1.165) is 0 Å². The Morgan fingerprint density at radius 2 is 1.85 bits per heavy atom. The zero-order chi connectivity index (χ0) is 18.7. The van der Waals surface area contributed by atoms with Gasteiger partial charge >= 0.3 is 0 Å². The van der Waals surface area contributed by atoms with Crippen molar-refractivity contribution < 1.29 is 18.7 Å². The Labute approximate surface area is 158 Å². The highest BCUT2D eigenvalue weighted by Crippen LogP contribution is 2.27. The molecule has 2 N–H and O–H groups in total. The summed E-state index contributed by atoms with van der Waals surface area (Å²) in [6.07, 6.45) is 1.40. The minimum atomic E-state index is -0.582. The minimum Gasteiger partial charge on any atom is -0.487 e. The largest absolute Gasteiger partial charge is 0.487 e. The van der Waals surface area contributed by atoms with Gasteiger partial charge in [-0.05, 0) is 53.7 Å². The Kier molecular flexibility index (Phi) is 5.29. The van der Waals surface area contributed by atoms with E-state index in [1.807, 2.05) is 0 Å². The molecule has 132 valence electrons. The molecule has 0 aliphatic carbocycles. The van der Waals surface area contributed by atoms with Gasteiger partial charge in [-0.15, -0.1) is 0 Å². The molecule has 0 aromatic heterocycles. The summed E-state index contributed by atoms with van der Waals surface area (Å²) in [6.45, 7) is 0.153. The molecule has 1 aliphatic rings. The summed E-state index contributed by atoms with van der Waals surface area (Å²) < 4.78 is 18.8. The Balaban J connectivity index is 1.75. The van der Waals surface area contributed by atoms with Crippen LogP contribution < -0.4 is 15.4 Å². The number of halogens is 2. The first-order valence-electron chi connectivity index (χ1n) is 7.47. The number of nitrogens with one attached hydrogen (secondary N) is 2. The van der Waals surface area contributed by atoms with Gasteiger partial charge in [0, 0.05) is 0 Å². The van der Waals surface area contributed by atoms with Crippen molar-refractivity contribution >= 4 is 46.8 Å². The molecule has 1 saturated heterocycles. The molecule has 0 unspecified atom stereocenters. The van der Waals surface area contributed by atoms with Crippen molar-refractivity contribution in [3.05, 3.63) is 70.0 Å². The highest BCUT2D eigenvalue weighted by Gasteiger charge is 2.25. The van der Waals surface area contributed by atoms with Crippen LogP contribution in [0.15, 0.2) is 48.0 Å². The van der Waals surface area contributed by atoms with Gasteiger partial charge in [0.15, 0.2) is 5.11 Å². The van der Waals surface area contributed by atoms with Crippen LogP contribution in [0.4, 0.5) is 4.39 Å². The zero-order valence-corrected chi connectivity index (χ0v) is 14.8. The Hall–Kier alpha value is -2.77. The third-order valence-electron chi connectivity index (χ3n) is 3.49. The lowest BCUT2D eigenvalue weighted by Gasteiger charge is -2.16. The highest BCUT2D eigenvalue weighted by molar-refractivity contribution is 7.80. The Bertz CT molecular complexity index is 924. The maximum Gasteiger partial charge on any atom is 0.263 e. The number of ether oxygens (including phenoxy) is 1. The predicted octanol–water partition coefficient (Wildman–Crippen LogP) is 2.97. The van der Waals surface area contributed by atoms with Crippen LogP contribution in [-0.2, 0) is 16.2 Å². The van der Waals surface area contributed by atoms with E-state index in [-0.39, 0.29) is 23.1 Å². The van der Waals surface area contributed by atoms with Gasteiger partial charge in [-0.2, -0.15) is 0 Å². The normalized spacial score (nSPS) is 13.9. The van der Waals surface area contributed by atoms with Crippen LogP contribution in [0, 0.1) is 5.82 Å². The van der Waals surface area contributed by atoms with E-state index >= 15 is 0 Å². The summed E-state index contributed by atoms with van der Waals surface area (Å²) in [6, 6.07) is 10.9. The topological polar surface area (TPSA) is 67.4 Å². The monoisotopic (exact) mass is 390 g/mol. The predicted molar refractivity (Wildman–Crippen MR) is 99.0 cm³/mol. The average molecular weight is 391 g/mol. The second-order valence-electron chi connectivity index (χ2n) is 5.40. The first kappa shape index (κ1) is 18.0. The van der Waals surface area contributed by atoms with Crippen LogP contribution in [0.2, 0.25) is 5.02 Å². The lowest BCUT2D eigenvalue weighted by atomic mass is 10.1. The van der Waals surface area contributed by atoms with Gasteiger partial charge in [-0.25, -0.2) is 4.39 Å². The molecule has 26 heavy (non-hydrogen) atoms. The fraction of sp³-hybridized carbons (Fsp3) is 0.0556. The van der Waals surface area contributed by atoms with Gasteiger partial charge in [-0.1, -0.05) is 29.8 Å². The number of rotatable bonds is 4.